The minimum absolute atomic E-state index is 0.266. The average Bonchev–Trinajstić information content (AvgIpc) is 3.21. The van der Waals surface area contributed by atoms with Gasteiger partial charge in [0.05, 0.1) is 24.9 Å². The van der Waals surface area contributed by atoms with Gasteiger partial charge >= 0.3 is 0 Å². The maximum absolute atomic E-state index is 11.2. The van der Waals surface area contributed by atoms with E-state index in [0.29, 0.717) is 54.0 Å². The Morgan fingerprint density at radius 2 is 1.66 bits per heavy atom. The van der Waals surface area contributed by atoms with Crippen LogP contribution in [0.3, 0.4) is 0 Å². The highest BCUT2D eigenvalue weighted by Crippen LogP contribution is 2.71. The highest BCUT2D eigenvalue weighted by Gasteiger charge is 2.70. The highest BCUT2D eigenvalue weighted by molar-refractivity contribution is 5.17. The van der Waals surface area contributed by atoms with E-state index >= 15 is 0 Å². The molecule has 4 saturated carbocycles. The van der Waals surface area contributed by atoms with Crippen LogP contribution in [0.5, 0.6) is 0 Å². The van der Waals surface area contributed by atoms with Crippen LogP contribution in [-0.2, 0) is 9.47 Å². The summed E-state index contributed by atoms with van der Waals surface area (Å²) in [7, 11) is 0. The lowest BCUT2D eigenvalue weighted by molar-refractivity contribution is -0.274. The van der Waals surface area contributed by atoms with Crippen molar-refractivity contribution < 1.29 is 24.8 Å². The third-order valence-electron chi connectivity index (χ3n) is 12.1. The zero-order valence-corrected chi connectivity index (χ0v) is 20.4. The first kappa shape index (κ1) is 22.3. The first-order chi connectivity index (χ1) is 15.1. The fourth-order valence-electron chi connectivity index (χ4n) is 10.3. The van der Waals surface area contributed by atoms with E-state index in [-0.39, 0.29) is 16.6 Å². The third kappa shape index (κ3) is 2.69. The molecule has 6 fully saturated rings. The van der Waals surface area contributed by atoms with Crippen LogP contribution in [0.25, 0.3) is 0 Å². The molecule has 3 N–H and O–H groups in total. The Hall–Kier alpha value is -0.200. The van der Waals surface area contributed by atoms with E-state index in [1.165, 1.54) is 19.3 Å². The number of ether oxygens (including phenoxy) is 2. The van der Waals surface area contributed by atoms with Gasteiger partial charge in [0.15, 0.2) is 5.79 Å². The molecule has 2 heterocycles. The van der Waals surface area contributed by atoms with E-state index in [1.807, 2.05) is 0 Å². The maximum Gasteiger partial charge on any atom is 0.171 e. The summed E-state index contributed by atoms with van der Waals surface area (Å²) in [5.41, 5.74) is -0.0287. The first-order valence-electron chi connectivity index (χ1n) is 13.5. The zero-order valence-electron chi connectivity index (χ0n) is 20.4. The molecule has 2 aliphatic heterocycles. The molecule has 14 atom stereocenters. The van der Waals surface area contributed by atoms with Crippen LogP contribution in [0, 0.1) is 52.3 Å². The van der Waals surface area contributed by atoms with Crippen LogP contribution in [0.4, 0.5) is 0 Å². The van der Waals surface area contributed by atoms with Crippen molar-refractivity contribution in [2.75, 3.05) is 6.61 Å². The van der Waals surface area contributed by atoms with Crippen LogP contribution >= 0.6 is 0 Å². The number of hydrogen-bond donors (Lipinski definition) is 3. The Labute approximate surface area is 193 Å². The number of aliphatic hydroxyl groups excluding tert-OH is 3. The molecule has 0 aromatic carbocycles. The summed E-state index contributed by atoms with van der Waals surface area (Å²) in [6, 6.07) is 0. The molecule has 5 heteroatoms. The molecule has 0 aromatic rings. The molecule has 0 bridgehead atoms. The molecule has 1 spiro atoms. The first-order valence-corrected chi connectivity index (χ1v) is 13.5. The summed E-state index contributed by atoms with van der Waals surface area (Å²) in [5, 5.41) is 32.1. The highest BCUT2D eigenvalue weighted by atomic mass is 16.7. The molecule has 2 saturated heterocycles. The molecular weight excluding hydrogens is 404 g/mol. The van der Waals surface area contributed by atoms with Gasteiger partial charge in [0.2, 0.25) is 0 Å². The van der Waals surface area contributed by atoms with Crippen molar-refractivity contribution >= 4 is 0 Å². The lowest BCUT2D eigenvalue weighted by Gasteiger charge is -2.63. The average molecular weight is 449 g/mol. The number of aliphatic hydroxyl groups is 3. The minimum atomic E-state index is -1.01. The van der Waals surface area contributed by atoms with Crippen molar-refractivity contribution in [2.24, 2.45) is 52.3 Å². The summed E-state index contributed by atoms with van der Waals surface area (Å²) in [6.45, 7) is 10.2. The molecule has 0 amide bonds. The predicted molar refractivity (Wildman–Crippen MR) is 121 cm³/mol. The van der Waals surface area contributed by atoms with Gasteiger partial charge < -0.3 is 24.8 Å². The predicted octanol–water partition coefficient (Wildman–Crippen LogP) is 3.74. The summed E-state index contributed by atoms with van der Waals surface area (Å²) >= 11 is 0. The van der Waals surface area contributed by atoms with Crippen molar-refractivity contribution in [3.8, 4) is 0 Å². The summed E-state index contributed by atoms with van der Waals surface area (Å²) in [4.78, 5) is 0. The van der Waals surface area contributed by atoms with Crippen molar-refractivity contribution in [1.29, 1.82) is 0 Å². The van der Waals surface area contributed by atoms with Crippen molar-refractivity contribution in [2.45, 2.75) is 109 Å². The quantitative estimate of drug-likeness (QED) is 0.526. The lowest BCUT2D eigenvalue weighted by Crippen LogP contribution is -2.64. The molecule has 4 aliphatic carbocycles. The Bertz CT molecular complexity index is 744. The molecule has 0 aromatic heterocycles. The third-order valence-corrected chi connectivity index (χ3v) is 12.1. The van der Waals surface area contributed by atoms with Gasteiger partial charge in [0.25, 0.3) is 0 Å². The normalized spacial score (nSPS) is 64.0. The summed E-state index contributed by atoms with van der Waals surface area (Å²) in [5.74, 6) is 3.17. The molecule has 6 rings (SSSR count). The molecule has 0 radical (unpaired) electrons. The number of fused-ring (bicyclic) bond motifs is 7. The maximum atomic E-state index is 11.2. The standard InChI is InChI=1S/C27H44O5/c1-14-7-10-27(31-13-14)15(2)22-21(32-27)12-19-17-6-5-16-11-20(28)23(29)24(30)26(16,4)18(17)8-9-25(19,22)3/h14-24,28-30H,5-13H2,1-4H3/t14-,15+,16-,17-,18-,19+,20-,21+,22+,23+,24-,25-,26+,27-/m1/s1. The Morgan fingerprint density at radius 1 is 0.875 bits per heavy atom. The molecular formula is C27H44O5. The second-order valence-electron chi connectivity index (χ2n) is 13.3. The van der Waals surface area contributed by atoms with Crippen LogP contribution in [0.2, 0.25) is 0 Å². The van der Waals surface area contributed by atoms with Crippen LogP contribution < -0.4 is 0 Å². The van der Waals surface area contributed by atoms with Crippen LogP contribution in [0.1, 0.15) is 79.1 Å². The van der Waals surface area contributed by atoms with Gasteiger partial charge in [0.1, 0.15) is 6.10 Å². The fraction of sp³-hybridized carbons (Fsp3) is 1.00. The Morgan fingerprint density at radius 3 is 2.38 bits per heavy atom. The lowest BCUT2D eigenvalue weighted by atomic mass is 9.43. The van der Waals surface area contributed by atoms with Crippen molar-refractivity contribution in [3.63, 3.8) is 0 Å². The van der Waals surface area contributed by atoms with Crippen molar-refractivity contribution in [3.05, 3.63) is 0 Å². The van der Waals surface area contributed by atoms with Gasteiger partial charge in [-0.25, -0.2) is 0 Å². The SMILES string of the molecule is C[C@@H]1CC[C@@]2(OC1)O[C@H]1C[C@H]3[C@@H]4CC[C@@H]5C[C@@H](O)[C@H](O)[C@@H](O)[C@]5(C)[C@@H]4CC[C@@]3(C)[C@H]1[C@@H]2C. The molecule has 6 aliphatic rings. The second kappa shape index (κ2) is 7.16. The Balaban J connectivity index is 1.28. The molecule has 5 nitrogen and oxygen atoms in total. The van der Waals surface area contributed by atoms with E-state index in [1.54, 1.807) is 0 Å². The van der Waals surface area contributed by atoms with Gasteiger partial charge in [-0.05, 0) is 85.9 Å². The van der Waals surface area contributed by atoms with Gasteiger partial charge in [-0.3, -0.25) is 0 Å². The van der Waals surface area contributed by atoms with Crippen LogP contribution in [0.15, 0.2) is 0 Å². The van der Waals surface area contributed by atoms with E-state index in [0.717, 1.165) is 32.3 Å². The van der Waals surface area contributed by atoms with Gasteiger partial charge in [-0.1, -0.05) is 27.7 Å². The summed E-state index contributed by atoms with van der Waals surface area (Å²) in [6.07, 6.45) is 6.17. The topological polar surface area (TPSA) is 79.2 Å². The largest absolute Gasteiger partial charge is 0.390 e. The van der Waals surface area contributed by atoms with Gasteiger partial charge in [0, 0.05) is 17.8 Å². The molecule has 182 valence electrons. The zero-order chi connectivity index (χ0) is 22.6. The van der Waals surface area contributed by atoms with E-state index in [4.69, 9.17) is 9.47 Å². The van der Waals surface area contributed by atoms with Crippen molar-refractivity contribution in [1.82, 2.24) is 0 Å². The number of hydrogen-bond acceptors (Lipinski definition) is 5. The summed E-state index contributed by atoms with van der Waals surface area (Å²) < 4.78 is 13.3. The second-order valence-corrected chi connectivity index (χ2v) is 13.3. The van der Waals surface area contributed by atoms with E-state index < -0.39 is 18.3 Å². The van der Waals surface area contributed by atoms with Gasteiger partial charge in [-0.15, -0.1) is 0 Å². The fourth-order valence-corrected chi connectivity index (χ4v) is 10.3. The van der Waals surface area contributed by atoms with E-state index in [2.05, 4.69) is 27.7 Å². The van der Waals surface area contributed by atoms with Crippen LogP contribution in [-0.4, -0.2) is 52.1 Å². The molecule has 32 heavy (non-hydrogen) atoms. The molecule has 0 unspecified atom stereocenters. The minimum Gasteiger partial charge on any atom is -0.390 e. The monoisotopic (exact) mass is 448 g/mol. The van der Waals surface area contributed by atoms with Gasteiger partial charge in [-0.2, -0.15) is 0 Å². The van der Waals surface area contributed by atoms with E-state index in [9.17, 15) is 15.3 Å². The Kier molecular flexibility index (Phi) is 4.99. The number of rotatable bonds is 0. The smallest absolute Gasteiger partial charge is 0.171 e.